The van der Waals surface area contributed by atoms with Crippen LogP contribution in [0.5, 0.6) is 0 Å². The summed E-state index contributed by atoms with van der Waals surface area (Å²) in [5.41, 5.74) is 6.16. The van der Waals surface area contributed by atoms with Gasteiger partial charge in [-0.3, -0.25) is 4.79 Å². The van der Waals surface area contributed by atoms with Gasteiger partial charge in [-0.2, -0.15) is 0 Å². The second-order valence-corrected chi connectivity index (χ2v) is 3.22. The van der Waals surface area contributed by atoms with Gasteiger partial charge in [0.15, 0.2) is 0 Å². The first-order valence-corrected chi connectivity index (χ1v) is 4.96. The van der Waals surface area contributed by atoms with Crippen molar-refractivity contribution in [3.8, 4) is 0 Å². The predicted molar refractivity (Wildman–Crippen MR) is 59.9 cm³/mol. The fourth-order valence-corrected chi connectivity index (χ4v) is 0.885. The largest absolute Gasteiger partial charge is 0.370 e. The van der Waals surface area contributed by atoms with Crippen molar-refractivity contribution in [3.05, 3.63) is 35.9 Å². The zero-order valence-electron chi connectivity index (χ0n) is 8.99. The minimum Gasteiger partial charge on any atom is -0.370 e. The third-order valence-electron chi connectivity index (χ3n) is 1.72. The number of rotatable bonds is 3. The van der Waals surface area contributed by atoms with E-state index in [1.165, 1.54) is 5.56 Å². The summed E-state index contributed by atoms with van der Waals surface area (Å²) in [7, 11) is 0. The minimum absolute atomic E-state index is 0.193. The van der Waals surface area contributed by atoms with Gasteiger partial charge in [-0.05, 0) is 13.3 Å². The van der Waals surface area contributed by atoms with Crippen molar-refractivity contribution < 1.29 is 4.79 Å². The maximum Gasteiger partial charge on any atom is 0.217 e. The van der Waals surface area contributed by atoms with Crippen LogP contribution in [0.15, 0.2) is 30.3 Å². The maximum atomic E-state index is 9.98. The molecule has 0 saturated heterocycles. The molecule has 78 valence electrons. The van der Waals surface area contributed by atoms with E-state index in [4.69, 9.17) is 5.73 Å². The van der Waals surface area contributed by atoms with E-state index in [9.17, 15) is 4.79 Å². The summed E-state index contributed by atoms with van der Waals surface area (Å²) in [4.78, 5) is 9.98. The Morgan fingerprint density at radius 2 is 1.86 bits per heavy atom. The summed E-state index contributed by atoms with van der Waals surface area (Å²) in [6.07, 6.45) is 2.51. The molecule has 0 unspecified atom stereocenters. The lowest BCUT2D eigenvalue weighted by atomic mass is 10.2. The number of hydrogen-bond acceptors (Lipinski definition) is 1. The molecule has 0 aliphatic heterocycles. The van der Waals surface area contributed by atoms with Crippen LogP contribution in [-0.2, 0) is 4.79 Å². The SMILES string of the molecule is CCCCC(N)=O.Cc1ccccc1. The Bertz CT molecular complexity index is 244. The number of primary amides is 1. The van der Waals surface area contributed by atoms with Gasteiger partial charge in [0.25, 0.3) is 0 Å². The zero-order chi connectivity index (χ0) is 10.8. The fourth-order valence-electron chi connectivity index (χ4n) is 0.885. The highest BCUT2D eigenvalue weighted by Gasteiger charge is 1.88. The van der Waals surface area contributed by atoms with Gasteiger partial charge in [0.05, 0.1) is 0 Å². The molecule has 1 amide bonds. The van der Waals surface area contributed by atoms with E-state index >= 15 is 0 Å². The molecule has 1 rings (SSSR count). The predicted octanol–water partition coefficient (Wildman–Crippen LogP) is 2.66. The lowest BCUT2D eigenvalue weighted by molar-refractivity contribution is -0.118. The van der Waals surface area contributed by atoms with Crippen LogP contribution in [0.2, 0.25) is 0 Å². The molecule has 0 aromatic heterocycles. The molecule has 0 spiro atoms. The number of carbonyl (C=O) groups excluding carboxylic acids is 1. The molecular weight excluding hydrogens is 174 g/mol. The van der Waals surface area contributed by atoms with Gasteiger partial charge in [-0.25, -0.2) is 0 Å². The summed E-state index contributed by atoms with van der Waals surface area (Å²) in [5.74, 6) is -0.193. The number of aryl methyl sites for hydroxylation is 1. The van der Waals surface area contributed by atoms with Gasteiger partial charge in [-0.15, -0.1) is 0 Å². The number of benzene rings is 1. The van der Waals surface area contributed by atoms with Crippen molar-refractivity contribution in [2.75, 3.05) is 0 Å². The molecule has 2 heteroatoms. The van der Waals surface area contributed by atoms with Crippen LogP contribution in [-0.4, -0.2) is 5.91 Å². The topological polar surface area (TPSA) is 43.1 Å². The van der Waals surface area contributed by atoms with Crippen LogP contribution in [0, 0.1) is 6.92 Å². The van der Waals surface area contributed by atoms with E-state index in [1.807, 2.05) is 25.1 Å². The highest BCUT2D eigenvalue weighted by molar-refractivity contribution is 5.73. The number of nitrogens with two attached hydrogens (primary N) is 1. The molecule has 0 fully saturated rings. The third-order valence-corrected chi connectivity index (χ3v) is 1.72. The maximum absolute atomic E-state index is 9.98. The highest BCUT2D eigenvalue weighted by atomic mass is 16.1. The van der Waals surface area contributed by atoms with Crippen LogP contribution in [0.4, 0.5) is 0 Å². The molecule has 0 atom stereocenters. The molecule has 1 aromatic rings. The normalized spacial score (nSPS) is 8.71. The van der Waals surface area contributed by atoms with E-state index in [1.54, 1.807) is 0 Å². The average molecular weight is 193 g/mol. The summed E-state index contributed by atoms with van der Waals surface area (Å²) in [5, 5.41) is 0. The number of hydrogen-bond donors (Lipinski definition) is 1. The summed E-state index contributed by atoms with van der Waals surface area (Å²) in [6, 6.07) is 10.3. The Kier molecular flexibility index (Phi) is 7.52. The van der Waals surface area contributed by atoms with Crippen molar-refractivity contribution in [2.45, 2.75) is 33.1 Å². The Morgan fingerprint density at radius 1 is 1.29 bits per heavy atom. The van der Waals surface area contributed by atoms with Crippen LogP contribution in [0.25, 0.3) is 0 Å². The van der Waals surface area contributed by atoms with Gasteiger partial charge in [0.2, 0.25) is 5.91 Å². The van der Waals surface area contributed by atoms with Gasteiger partial charge in [-0.1, -0.05) is 49.2 Å². The van der Waals surface area contributed by atoms with Gasteiger partial charge in [0.1, 0.15) is 0 Å². The summed E-state index contributed by atoms with van der Waals surface area (Å²) >= 11 is 0. The van der Waals surface area contributed by atoms with Crippen LogP contribution < -0.4 is 5.73 Å². The lowest BCUT2D eigenvalue weighted by Gasteiger charge is -1.86. The standard InChI is InChI=1S/C7H8.C5H11NO/c1-7-5-3-2-4-6-7;1-2-3-4-5(6)7/h2-6H,1H3;2-4H2,1H3,(H2,6,7). The van der Waals surface area contributed by atoms with Crippen molar-refractivity contribution >= 4 is 5.91 Å². The Morgan fingerprint density at radius 3 is 2.07 bits per heavy atom. The molecule has 1 aromatic carbocycles. The molecule has 0 saturated carbocycles. The van der Waals surface area contributed by atoms with Crippen molar-refractivity contribution in [2.24, 2.45) is 5.73 Å². The summed E-state index contributed by atoms with van der Waals surface area (Å²) in [6.45, 7) is 4.11. The molecule has 0 heterocycles. The number of carbonyl (C=O) groups is 1. The quantitative estimate of drug-likeness (QED) is 0.788. The van der Waals surface area contributed by atoms with E-state index in [0.29, 0.717) is 6.42 Å². The molecule has 2 nitrogen and oxygen atoms in total. The molecule has 0 radical (unpaired) electrons. The van der Waals surface area contributed by atoms with E-state index in [-0.39, 0.29) is 5.91 Å². The minimum atomic E-state index is -0.193. The van der Waals surface area contributed by atoms with Gasteiger partial charge < -0.3 is 5.73 Å². The van der Waals surface area contributed by atoms with E-state index in [0.717, 1.165) is 12.8 Å². The van der Waals surface area contributed by atoms with E-state index < -0.39 is 0 Å². The monoisotopic (exact) mass is 193 g/mol. The highest BCUT2D eigenvalue weighted by Crippen LogP contribution is 1.92. The van der Waals surface area contributed by atoms with Crippen molar-refractivity contribution in [1.82, 2.24) is 0 Å². The second-order valence-electron chi connectivity index (χ2n) is 3.22. The Balaban J connectivity index is 0.000000241. The zero-order valence-corrected chi connectivity index (χ0v) is 8.99. The first-order valence-electron chi connectivity index (χ1n) is 4.96. The first-order chi connectivity index (χ1) is 6.66. The number of unbranched alkanes of at least 4 members (excludes halogenated alkanes) is 1. The van der Waals surface area contributed by atoms with Crippen molar-refractivity contribution in [3.63, 3.8) is 0 Å². The lowest BCUT2D eigenvalue weighted by Crippen LogP contribution is -2.09. The first kappa shape index (κ1) is 12.7. The molecular formula is C12H19NO. The third kappa shape index (κ3) is 8.78. The Hall–Kier alpha value is -1.31. The fraction of sp³-hybridized carbons (Fsp3) is 0.417. The van der Waals surface area contributed by atoms with Gasteiger partial charge in [0, 0.05) is 6.42 Å². The van der Waals surface area contributed by atoms with Crippen LogP contribution in [0.1, 0.15) is 31.7 Å². The Labute approximate surface area is 86.1 Å². The molecule has 0 aliphatic rings. The van der Waals surface area contributed by atoms with Crippen molar-refractivity contribution in [1.29, 1.82) is 0 Å². The van der Waals surface area contributed by atoms with Crippen LogP contribution >= 0.6 is 0 Å². The summed E-state index contributed by atoms with van der Waals surface area (Å²) < 4.78 is 0. The average Bonchev–Trinajstić information content (AvgIpc) is 2.17. The molecule has 0 bridgehead atoms. The second kappa shape index (κ2) is 8.30. The van der Waals surface area contributed by atoms with Crippen LogP contribution in [0.3, 0.4) is 0 Å². The molecule has 14 heavy (non-hydrogen) atoms. The molecule has 2 N–H and O–H groups in total. The van der Waals surface area contributed by atoms with E-state index in [2.05, 4.69) is 19.1 Å². The molecule has 0 aliphatic carbocycles. The van der Waals surface area contributed by atoms with Gasteiger partial charge >= 0.3 is 0 Å². The number of amides is 1. The smallest absolute Gasteiger partial charge is 0.217 e.